The summed E-state index contributed by atoms with van der Waals surface area (Å²) in [4.78, 5) is 16.1. The van der Waals surface area contributed by atoms with E-state index in [-0.39, 0.29) is 5.78 Å². The fraction of sp³-hybridized carbons (Fsp3) is 0.235. The van der Waals surface area contributed by atoms with Crippen molar-refractivity contribution in [3.63, 3.8) is 0 Å². The normalized spacial score (nSPS) is 12.8. The SMILES string of the molecule is CNCc1ccc2c(c1)Sc1cc(C(C)=O)ccc1N2C. The fourth-order valence-corrected chi connectivity index (χ4v) is 3.82. The minimum atomic E-state index is 0.107. The average molecular weight is 298 g/mol. The summed E-state index contributed by atoms with van der Waals surface area (Å²) in [6, 6.07) is 12.5. The van der Waals surface area contributed by atoms with Crippen molar-refractivity contribution >= 4 is 28.9 Å². The molecule has 1 aliphatic heterocycles. The first kappa shape index (κ1) is 14.2. The molecular formula is C17H18N2OS. The molecule has 2 aromatic carbocycles. The number of benzene rings is 2. The maximum atomic E-state index is 11.6. The molecule has 1 N–H and O–H groups in total. The Morgan fingerprint density at radius 2 is 1.81 bits per heavy atom. The number of hydrogen-bond acceptors (Lipinski definition) is 4. The lowest BCUT2D eigenvalue weighted by Crippen LogP contribution is -2.15. The van der Waals surface area contributed by atoms with Crippen LogP contribution in [0.3, 0.4) is 0 Å². The second-order valence-electron chi connectivity index (χ2n) is 5.23. The van der Waals surface area contributed by atoms with E-state index >= 15 is 0 Å². The molecule has 0 atom stereocenters. The van der Waals surface area contributed by atoms with E-state index in [0.29, 0.717) is 0 Å². The molecule has 0 aromatic heterocycles. The highest BCUT2D eigenvalue weighted by Crippen LogP contribution is 2.47. The number of carbonyl (C=O) groups excluding carboxylic acids is 1. The van der Waals surface area contributed by atoms with Crippen molar-refractivity contribution in [1.29, 1.82) is 0 Å². The van der Waals surface area contributed by atoms with Crippen LogP contribution in [0.2, 0.25) is 0 Å². The van der Waals surface area contributed by atoms with Gasteiger partial charge in [-0.3, -0.25) is 4.79 Å². The van der Waals surface area contributed by atoms with Crippen LogP contribution in [0.1, 0.15) is 22.8 Å². The molecule has 0 saturated heterocycles. The van der Waals surface area contributed by atoms with Gasteiger partial charge in [0.2, 0.25) is 0 Å². The third-order valence-electron chi connectivity index (χ3n) is 3.71. The lowest BCUT2D eigenvalue weighted by Gasteiger charge is -2.30. The topological polar surface area (TPSA) is 32.3 Å². The number of nitrogens with one attached hydrogen (secondary N) is 1. The Hall–Kier alpha value is -1.78. The van der Waals surface area contributed by atoms with E-state index in [1.165, 1.54) is 16.1 Å². The van der Waals surface area contributed by atoms with E-state index in [2.05, 4.69) is 35.5 Å². The first-order chi connectivity index (χ1) is 10.1. The van der Waals surface area contributed by atoms with Crippen LogP contribution >= 0.6 is 11.8 Å². The summed E-state index contributed by atoms with van der Waals surface area (Å²) in [6.45, 7) is 2.47. The van der Waals surface area contributed by atoms with Gasteiger partial charge in [-0.25, -0.2) is 0 Å². The van der Waals surface area contributed by atoms with Crippen molar-refractivity contribution < 1.29 is 4.79 Å². The molecule has 0 amide bonds. The Kier molecular flexibility index (Phi) is 3.74. The molecule has 1 heterocycles. The number of hydrogen-bond donors (Lipinski definition) is 1. The summed E-state index contributed by atoms with van der Waals surface area (Å²) >= 11 is 1.74. The highest BCUT2D eigenvalue weighted by Gasteiger charge is 2.21. The van der Waals surface area contributed by atoms with Gasteiger partial charge in [0.15, 0.2) is 5.78 Å². The lowest BCUT2D eigenvalue weighted by molar-refractivity contribution is 0.101. The van der Waals surface area contributed by atoms with Crippen LogP contribution in [0.15, 0.2) is 46.2 Å². The lowest BCUT2D eigenvalue weighted by atomic mass is 10.1. The van der Waals surface area contributed by atoms with Crippen molar-refractivity contribution in [3.8, 4) is 0 Å². The zero-order valence-electron chi connectivity index (χ0n) is 12.4. The monoisotopic (exact) mass is 298 g/mol. The standard InChI is InChI=1S/C17H18N2OS/c1-11(20)13-5-7-15-17(9-13)21-16-8-12(10-18-2)4-6-14(16)19(15)3/h4-9,18H,10H2,1-3H3. The van der Waals surface area contributed by atoms with Crippen molar-refractivity contribution in [2.75, 3.05) is 19.0 Å². The number of anilines is 2. The Morgan fingerprint density at radius 3 is 2.48 bits per heavy atom. The zero-order valence-corrected chi connectivity index (χ0v) is 13.3. The third kappa shape index (κ3) is 2.57. The van der Waals surface area contributed by atoms with Crippen LogP contribution in [0.5, 0.6) is 0 Å². The second kappa shape index (κ2) is 5.54. The van der Waals surface area contributed by atoms with Crippen LogP contribution < -0.4 is 10.2 Å². The van der Waals surface area contributed by atoms with Gasteiger partial charge in [-0.05, 0) is 49.9 Å². The molecule has 0 spiro atoms. The van der Waals surface area contributed by atoms with E-state index in [1.54, 1.807) is 18.7 Å². The van der Waals surface area contributed by atoms with Gasteiger partial charge in [0.25, 0.3) is 0 Å². The van der Waals surface area contributed by atoms with Crippen LogP contribution in [-0.4, -0.2) is 19.9 Å². The van der Waals surface area contributed by atoms with Crippen molar-refractivity contribution in [1.82, 2.24) is 5.32 Å². The van der Waals surface area contributed by atoms with Gasteiger partial charge in [-0.1, -0.05) is 17.8 Å². The van der Waals surface area contributed by atoms with Crippen LogP contribution in [0.25, 0.3) is 0 Å². The molecule has 21 heavy (non-hydrogen) atoms. The van der Waals surface area contributed by atoms with E-state index in [0.717, 1.165) is 22.7 Å². The van der Waals surface area contributed by atoms with Crippen LogP contribution in [-0.2, 0) is 6.54 Å². The van der Waals surface area contributed by atoms with E-state index in [9.17, 15) is 4.79 Å². The van der Waals surface area contributed by atoms with Gasteiger partial charge >= 0.3 is 0 Å². The number of nitrogens with zero attached hydrogens (tertiary/aromatic N) is 1. The molecule has 0 aliphatic carbocycles. The van der Waals surface area contributed by atoms with Crippen molar-refractivity contribution in [2.24, 2.45) is 0 Å². The van der Waals surface area contributed by atoms with Gasteiger partial charge in [0.05, 0.1) is 11.4 Å². The number of rotatable bonds is 3. The molecule has 4 heteroatoms. The Morgan fingerprint density at radius 1 is 1.14 bits per heavy atom. The molecule has 0 unspecified atom stereocenters. The molecular weight excluding hydrogens is 280 g/mol. The van der Waals surface area contributed by atoms with Gasteiger partial charge in [0.1, 0.15) is 0 Å². The second-order valence-corrected chi connectivity index (χ2v) is 6.32. The van der Waals surface area contributed by atoms with E-state index < -0.39 is 0 Å². The molecule has 3 rings (SSSR count). The van der Waals surface area contributed by atoms with Crippen LogP contribution in [0, 0.1) is 0 Å². The first-order valence-corrected chi connectivity index (χ1v) is 7.76. The summed E-state index contributed by atoms with van der Waals surface area (Å²) in [5.41, 5.74) is 4.40. The summed E-state index contributed by atoms with van der Waals surface area (Å²) < 4.78 is 0. The molecule has 0 radical (unpaired) electrons. The smallest absolute Gasteiger partial charge is 0.159 e. The minimum absolute atomic E-state index is 0.107. The predicted molar refractivity (Wildman–Crippen MR) is 87.8 cm³/mol. The summed E-state index contributed by atoms with van der Waals surface area (Å²) in [5, 5.41) is 3.18. The maximum absolute atomic E-state index is 11.6. The molecule has 108 valence electrons. The zero-order chi connectivity index (χ0) is 15.0. The first-order valence-electron chi connectivity index (χ1n) is 6.94. The Labute approximate surface area is 129 Å². The number of Topliss-reactive ketones (excluding diaryl/α,β-unsaturated/α-hetero) is 1. The number of ketones is 1. The molecule has 0 fully saturated rings. The van der Waals surface area contributed by atoms with Gasteiger partial charge in [-0.15, -0.1) is 0 Å². The summed E-state index contributed by atoms with van der Waals surface area (Å²) in [6.07, 6.45) is 0. The quantitative estimate of drug-likeness (QED) is 0.873. The van der Waals surface area contributed by atoms with E-state index in [1.807, 2.05) is 25.2 Å². The Balaban J connectivity index is 2.04. The summed E-state index contributed by atoms with van der Waals surface area (Å²) in [7, 11) is 4.02. The van der Waals surface area contributed by atoms with Gasteiger partial charge in [-0.2, -0.15) is 0 Å². The maximum Gasteiger partial charge on any atom is 0.159 e. The number of fused-ring (bicyclic) bond motifs is 2. The summed E-state index contributed by atoms with van der Waals surface area (Å²) in [5.74, 6) is 0.107. The van der Waals surface area contributed by atoms with Crippen molar-refractivity contribution in [3.05, 3.63) is 47.5 Å². The highest BCUT2D eigenvalue weighted by atomic mass is 32.2. The van der Waals surface area contributed by atoms with E-state index in [4.69, 9.17) is 0 Å². The molecule has 1 aliphatic rings. The fourth-order valence-electron chi connectivity index (χ4n) is 2.57. The third-order valence-corrected chi connectivity index (χ3v) is 4.81. The molecule has 0 saturated carbocycles. The molecule has 3 nitrogen and oxygen atoms in total. The Bertz CT molecular complexity index is 712. The highest BCUT2D eigenvalue weighted by molar-refractivity contribution is 7.99. The van der Waals surface area contributed by atoms with Gasteiger partial charge < -0.3 is 10.2 Å². The number of carbonyl (C=O) groups is 1. The van der Waals surface area contributed by atoms with Crippen LogP contribution in [0.4, 0.5) is 11.4 Å². The van der Waals surface area contributed by atoms with Crippen molar-refractivity contribution in [2.45, 2.75) is 23.3 Å². The van der Waals surface area contributed by atoms with Gasteiger partial charge in [0, 0.05) is 28.9 Å². The average Bonchev–Trinajstić information content (AvgIpc) is 2.47. The predicted octanol–water partition coefficient (Wildman–Crippen LogP) is 3.84. The largest absolute Gasteiger partial charge is 0.343 e. The molecule has 0 bridgehead atoms. The molecule has 2 aromatic rings. The minimum Gasteiger partial charge on any atom is -0.343 e.